The number of hydrogen-bond acceptors (Lipinski definition) is 3. The van der Waals surface area contributed by atoms with E-state index in [1.165, 1.54) is 12.1 Å². The van der Waals surface area contributed by atoms with E-state index in [2.05, 4.69) is 0 Å². The van der Waals surface area contributed by atoms with Crippen molar-refractivity contribution in [3.8, 4) is 0 Å². The number of benzene rings is 1. The summed E-state index contributed by atoms with van der Waals surface area (Å²) in [6, 6.07) is 4.28. The SMILES string of the molecule is Cc1cccc(F)c1C(O)C(=O)NN. The molecule has 0 saturated carbocycles. The molecule has 76 valence electrons. The number of hydrazine groups is 1. The maximum absolute atomic E-state index is 13.2. The van der Waals surface area contributed by atoms with Crippen molar-refractivity contribution in [1.82, 2.24) is 5.43 Å². The minimum Gasteiger partial charge on any atom is -0.378 e. The van der Waals surface area contributed by atoms with Crippen LogP contribution < -0.4 is 11.3 Å². The third kappa shape index (κ3) is 1.89. The Kier molecular flexibility index (Phi) is 3.16. The van der Waals surface area contributed by atoms with Crippen LogP contribution in [0.1, 0.15) is 17.2 Å². The molecule has 0 aromatic heterocycles. The first-order chi connectivity index (χ1) is 6.57. The zero-order valence-corrected chi connectivity index (χ0v) is 7.62. The van der Waals surface area contributed by atoms with Crippen LogP contribution in [-0.4, -0.2) is 11.0 Å². The molecule has 1 aromatic rings. The summed E-state index contributed by atoms with van der Waals surface area (Å²) in [6.07, 6.45) is -1.57. The second-order valence-corrected chi connectivity index (χ2v) is 2.88. The molecule has 1 rings (SSSR count). The van der Waals surface area contributed by atoms with Crippen molar-refractivity contribution in [2.24, 2.45) is 5.84 Å². The Bertz CT molecular complexity index is 334. The molecule has 0 spiro atoms. The largest absolute Gasteiger partial charge is 0.378 e. The van der Waals surface area contributed by atoms with Gasteiger partial charge in [-0.1, -0.05) is 12.1 Å². The van der Waals surface area contributed by atoms with Crippen LogP contribution in [0, 0.1) is 12.7 Å². The Morgan fingerprint density at radius 1 is 1.64 bits per heavy atom. The number of carbonyl (C=O) groups excluding carboxylic acids is 1. The van der Waals surface area contributed by atoms with E-state index in [1.54, 1.807) is 18.4 Å². The van der Waals surface area contributed by atoms with Gasteiger partial charge in [-0.05, 0) is 18.6 Å². The lowest BCUT2D eigenvalue weighted by molar-refractivity contribution is -0.129. The average Bonchev–Trinajstić information content (AvgIpc) is 2.16. The van der Waals surface area contributed by atoms with Gasteiger partial charge in [0.2, 0.25) is 0 Å². The first-order valence-electron chi connectivity index (χ1n) is 4.01. The Labute approximate surface area is 80.5 Å². The zero-order chi connectivity index (χ0) is 10.7. The first-order valence-corrected chi connectivity index (χ1v) is 4.01. The molecule has 0 aliphatic heterocycles. The van der Waals surface area contributed by atoms with E-state index in [-0.39, 0.29) is 5.56 Å². The van der Waals surface area contributed by atoms with Crippen LogP contribution in [0.3, 0.4) is 0 Å². The van der Waals surface area contributed by atoms with Gasteiger partial charge in [0.15, 0.2) is 6.10 Å². The quantitative estimate of drug-likeness (QED) is 0.360. The van der Waals surface area contributed by atoms with Gasteiger partial charge in [-0.15, -0.1) is 0 Å². The molecular weight excluding hydrogens is 187 g/mol. The highest BCUT2D eigenvalue weighted by molar-refractivity contribution is 5.81. The minimum absolute atomic E-state index is 0.0459. The van der Waals surface area contributed by atoms with Gasteiger partial charge in [0.1, 0.15) is 5.82 Å². The third-order valence-electron chi connectivity index (χ3n) is 1.93. The second kappa shape index (κ2) is 4.17. The van der Waals surface area contributed by atoms with E-state index < -0.39 is 17.8 Å². The fraction of sp³-hybridized carbons (Fsp3) is 0.222. The molecule has 1 unspecified atom stereocenters. The van der Waals surface area contributed by atoms with Crippen LogP contribution in [0.2, 0.25) is 0 Å². The lowest BCUT2D eigenvalue weighted by atomic mass is 10.0. The topological polar surface area (TPSA) is 75.3 Å². The number of hydrogen-bond donors (Lipinski definition) is 3. The Balaban J connectivity index is 3.11. The molecule has 5 heteroatoms. The molecule has 0 fully saturated rings. The summed E-state index contributed by atoms with van der Waals surface area (Å²) >= 11 is 0. The van der Waals surface area contributed by atoms with Gasteiger partial charge in [0.05, 0.1) is 0 Å². The number of aliphatic hydroxyl groups is 1. The van der Waals surface area contributed by atoms with Gasteiger partial charge >= 0.3 is 0 Å². The molecule has 4 nitrogen and oxygen atoms in total. The Morgan fingerprint density at radius 3 is 2.79 bits per heavy atom. The monoisotopic (exact) mass is 198 g/mol. The number of aliphatic hydroxyl groups excluding tert-OH is 1. The molecule has 1 aromatic carbocycles. The molecule has 0 radical (unpaired) electrons. The van der Waals surface area contributed by atoms with E-state index in [0.29, 0.717) is 5.56 Å². The highest BCUT2D eigenvalue weighted by atomic mass is 19.1. The molecule has 0 aliphatic rings. The number of nitrogens with two attached hydrogens (primary N) is 1. The maximum Gasteiger partial charge on any atom is 0.267 e. The summed E-state index contributed by atoms with van der Waals surface area (Å²) in [5.74, 6) is 3.37. The van der Waals surface area contributed by atoms with Gasteiger partial charge in [-0.3, -0.25) is 10.2 Å². The van der Waals surface area contributed by atoms with Gasteiger partial charge in [0.25, 0.3) is 5.91 Å². The average molecular weight is 198 g/mol. The third-order valence-corrected chi connectivity index (χ3v) is 1.93. The molecule has 14 heavy (non-hydrogen) atoms. The highest BCUT2D eigenvalue weighted by Gasteiger charge is 2.21. The van der Waals surface area contributed by atoms with Crippen LogP contribution in [0.15, 0.2) is 18.2 Å². The Morgan fingerprint density at radius 2 is 2.29 bits per heavy atom. The van der Waals surface area contributed by atoms with Crippen molar-refractivity contribution >= 4 is 5.91 Å². The first kappa shape index (κ1) is 10.6. The molecule has 0 heterocycles. The summed E-state index contributed by atoms with van der Waals surface area (Å²) in [5.41, 5.74) is 2.22. The number of aryl methyl sites for hydroxylation is 1. The smallest absolute Gasteiger partial charge is 0.267 e. The van der Waals surface area contributed by atoms with Gasteiger partial charge < -0.3 is 5.11 Å². The van der Waals surface area contributed by atoms with Crippen LogP contribution >= 0.6 is 0 Å². The van der Waals surface area contributed by atoms with Crippen molar-refractivity contribution in [3.63, 3.8) is 0 Å². The minimum atomic E-state index is -1.57. The molecule has 1 amide bonds. The predicted octanol–water partition coefficient (Wildman–Crippen LogP) is 0.157. The summed E-state index contributed by atoms with van der Waals surface area (Å²) in [7, 11) is 0. The fourth-order valence-electron chi connectivity index (χ4n) is 1.20. The summed E-state index contributed by atoms with van der Waals surface area (Å²) in [6.45, 7) is 1.60. The lowest BCUT2D eigenvalue weighted by Crippen LogP contribution is -2.35. The molecule has 0 aliphatic carbocycles. The van der Waals surface area contributed by atoms with Gasteiger partial charge in [0, 0.05) is 5.56 Å². The molecular formula is C9H11FN2O2. The maximum atomic E-state index is 13.2. The lowest BCUT2D eigenvalue weighted by Gasteiger charge is -2.12. The van der Waals surface area contributed by atoms with E-state index >= 15 is 0 Å². The highest BCUT2D eigenvalue weighted by Crippen LogP contribution is 2.20. The van der Waals surface area contributed by atoms with E-state index in [4.69, 9.17) is 5.84 Å². The molecule has 0 bridgehead atoms. The van der Waals surface area contributed by atoms with Gasteiger partial charge in [-0.2, -0.15) is 0 Å². The predicted molar refractivity (Wildman–Crippen MR) is 48.4 cm³/mol. The standard InChI is InChI=1S/C9H11FN2O2/c1-5-3-2-4-6(10)7(5)8(13)9(14)12-11/h2-4,8,13H,11H2,1H3,(H,12,14). The molecule has 0 saturated heterocycles. The van der Waals surface area contributed by atoms with Crippen molar-refractivity contribution in [3.05, 3.63) is 35.1 Å². The van der Waals surface area contributed by atoms with Crippen molar-refractivity contribution in [2.45, 2.75) is 13.0 Å². The van der Waals surface area contributed by atoms with Crippen molar-refractivity contribution in [1.29, 1.82) is 0 Å². The van der Waals surface area contributed by atoms with Gasteiger partial charge in [-0.25, -0.2) is 10.2 Å². The van der Waals surface area contributed by atoms with Crippen molar-refractivity contribution < 1.29 is 14.3 Å². The second-order valence-electron chi connectivity index (χ2n) is 2.88. The normalized spacial score (nSPS) is 12.3. The summed E-state index contributed by atoms with van der Waals surface area (Å²) < 4.78 is 13.2. The van der Waals surface area contributed by atoms with E-state index in [9.17, 15) is 14.3 Å². The number of halogens is 1. The number of rotatable bonds is 2. The van der Waals surface area contributed by atoms with Crippen molar-refractivity contribution in [2.75, 3.05) is 0 Å². The Hall–Kier alpha value is -1.46. The van der Waals surface area contributed by atoms with E-state index in [1.807, 2.05) is 0 Å². The van der Waals surface area contributed by atoms with Crippen LogP contribution in [0.25, 0.3) is 0 Å². The number of nitrogens with one attached hydrogen (secondary N) is 1. The van der Waals surface area contributed by atoms with E-state index in [0.717, 1.165) is 0 Å². The summed E-state index contributed by atoms with van der Waals surface area (Å²) in [4.78, 5) is 11.0. The van der Waals surface area contributed by atoms with Crippen LogP contribution in [0.5, 0.6) is 0 Å². The van der Waals surface area contributed by atoms with Crippen LogP contribution in [-0.2, 0) is 4.79 Å². The number of carbonyl (C=O) groups is 1. The molecule has 4 N–H and O–H groups in total. The summed E-state index contributed by atoms with van der Waals surface area (Å²) in [5, 5.41) is 9.42. The van der Waals surface area contributed by atoms with Crippen LogP contribution in [0.4, 0.5) is 4.39 Å². The zero-order valence-electron chi connectivity index (χ0n) is 7.62. The fourth-order valence-corrected chi connectivity index (χ4v) is 1.20. The molecule has 1 atom stereocenters. The number of amides is 1.